The lowest BCUT2D eigenvalue weighted by atomic mass is 10.0. The number of nitrogens with zero attached hydrogens (tertiary/aromatic N) is 2. The second kappa shape index (κ2) is 3.84. The standard InChI is InChI=1S/C12H13N3O2/c16-12(17)8-2-1-7(5-8)11-14-9-3-4-13-6-10(9)15-11/h3-4,6-8H,1-2,5H2,(H,14,15)(H,16,17). The molecule has 2 heterocycles. The summed E-state index contributed by atoms with van der Waals surface area (Å²) < 4.78 is 0. The van der Waals surface area contributed by atoms with E-state index in [1.54, 1.807) is 12.4 Å². The van der Waals surface area contributed by atoms with Gasteiger partial charge in [0.15, 0.2) is 0 Å². The van der Waals surface area contributed by atoms with Gasteiger partial charge in [0.1, 0.15) is 5.82 Å². The molecule has 1 aliphatic carbocycles. The van der Waals surface area contributed by atoms with Gasteiger partial charge in [0.25, 0.3) is 0 Å². The van der Waals surface area contributed by atoms with Crippen molar-refractivity contribution in [3.8, 4) is 0 Å². The molecule has 0 bridgehead atoms. The zero-order valence-electron chi connectivity index (χ0n) is 9.26. The van der Waals surface area contributed by atoms with Gasteiger partial charge in [-0.3, -0.25) is 9.78 Å². The molecular weight excluding hydrogens is 218 g/mol. The normalized spacial score (nSPS) is 24.2. The van der Waals surface area contributed by atoms with Crippen LogP contribution in [-0.4, -0.2) is 26.0 Å². The van der Waals surface area contributed by atoms with Crippen molar-refractivity contribution in [1.29, 1.82) is 0 Å². The summed E-state index contributed by atoms with van der Waals surface area (Å²) >= 11 is 0. The third-order valence-corrected chi connectivity index (χ3v) is 3.47. The van der Waals surface area contributed by atoms with Crippen LogP contribution in [0.25, 0.3) is 11.0 Å². The molecular formula is C12H13N3O2. The predicted octanol–water partition coefficient (Wildman–Crippen LogP) is 1.93. The Balaban J connectivity index is 1.87. The molecule has 5 nitrogen and oxygen atoms in total. The van der Waals surface area contributed by atoms with Gasteiger partial charge >= 0.3 is 5.97 Å². The highest BCUT2D eigenvalue weighted by atomic mass is 16.4. The summed E-state index contributed by atoms with van der Waals surface area (Å²) in [6.45, 7) is 0. The van der Waals surface area contributed by atoms with Crippen LogP contribution in [0.4, 0.5) is 0 Å². The van der Waals surface area contributed by atoms with E-state index in [4.69, 9.17) is 5.11 Å². The Labute approximate surface area is 97.9 Å². The number of aliphatic carboxylic acids is 1. The van der Waals surface area contributed by atoms with E-state index in [0.717, 1.165) is 29.7 Å². The highest BCUT2D eigenvalue weighted by Gasteiger charge is 2.32. The number of imidazole rings is 1. The van der Waals surface area contributed by atoms with E-state index in [1.165, 1.54) is 0 Å². The number of rotatable bonds is 2. The van der Waals surface area contributed by atoms with Crippen LogP contribution in [0, 0.1) is 5.92 Å². The van der Waals surface area contributed by atoms with Crippen molar-refractivity contribution in [2.24, 2.45) is 5.92 Å². The Kier molecular flexibility index (Phi) is 2.31. The number of aromatic amines is 1. The molecule has 0 aromatic carbocycles. The minimum Gasteiger partial charge on any atom is -0.481 e. The van der Waals surface area contributed by atoms with E-state index in [0.29, 0.717) is 6.42 Å². The van der Waals surface area contributed by atoms with Gasteiger partial charge in [-0.25, -0.2) is 4.98 Å². The third kappa shape index (κ3) is 1.77. The maximum absolute atomic E-state index is 10.9. The maximum atomic E-state index is 10.9. The number of hydrogen-bond donors (Lipinski definition) is 2. The fourth-order valence-corrected chi connectivity index (χ4v) is 2.52. The van der Waals surface area contributed by atoms with Crippen LogP contribution in [0.5, 0.6) is 0 Å². The molecule has 1 aliphatic rings. The van der Waals surface area contributed by atoms with Crippen LogP contribution in [0.3, 0.4) is 0 Å². The Morgan fingerprint density at radius 1 is 1.47 bits per heavy atom. The molecule has 2 unspecified atom stereocenters. The topological polar surface area (TPSA) is 78.9 Å². The van der Waals surface area contributed by atoms with Crippen LogP contribution in [-0.2, 0) is 4.79 Å². The van der Waals surface area contributed by atoms with Gasteiger partial charge in [0.05, 0.1) is 23.1 Å². The van der Waals surface area contributed by atoms with Crippen molar-refractivity contribution in [2.75, 3.05) is 0 Å². The lowest BCUT2D eigenvalue weighted by Crippen LogP contribution is -2.09. The van der Waals surface area contributed by atoms with Crippen LogP contribution in [0.15, 0.2) is 18.5 Å². The first kappa shape index (κ1) is 10.3. The van der Waals surface area contributed by atoms with E-state index in [1.807, 2.05) is 6.07 Å². The molecule has 0 radical (unpaired) electrons. The van der Waals surface area contributed by atoms with Crippen molar-refractivity contribution in [3.63, 3.8) is 0 Å². The molecule has 0 spiro atoms. The van der Waals surface area contributed by atoms with Crippen molar-refractivity contribution in [3.05, 3.63) is 24.3 Å². The highest BCUT2D eigenvalue weighted by Crippen LogP contribution is 2.37. The van der Waals surface area contributed by atoms with Gasteiger partial charge in [-0.05, 0) is 25.3 Å². The van der Waals surface area contributed by atoms with E-state index in [-0.39, 0.29) is 11.8 Å². The Morgan fingerprint density at radius 3 is 3.06 bits per heavy atom. The average Bonchev–Trinajstić information content (AvgIpc) is 2.95. The quantitative estimate of drug-likeness (QED) is 0.827. The minimum absolute atomic E-state index is 0.216. The Morgan fingerprint density at radius 2 is 2.35 bits per heavy atom. The molecule has 17 heavy (non-hydrogen) atoms. The second-order valence-electron chi connectivity index (χ2n) is 4.56. The van der Waals surface area contributed by atoms with Crippen molar-refractivity contribution >= 4 is 17.0 Å². The van der Waals surface area contributed by atoms with Gasteiger partial charge in [-0.15, -0.1) is 0 Å². The fourth-order valence-electron chi connectivity index (χ4n) is 2.52. The first-order valence-electron chi connectivity index (χ1n) is 5.76. The van der Waals surface area contributed by atoms with Crippen molar-refractivity contribution in [2.45, 2.75) is 25.2 Å². The highest BCUT2D eigenvalue weighted by molar-refractivity contribution is 5.74. The van der Waals surface area contributed by atoms with E-state index in [9.17, 15) is 4.79 Å². The van der Waals surface area contributed by atoms with E-state index in [2.05, 4.69) is 15.0 Å². The summed E-state index contributed by atoms with van der Waals surface area (Å²) in [6, 6.07) is 1.86. The van der Waals surface area contributed by atoms with Gasteiger partial charge in [0, 0.05) is 12.1 Å². The zero-order valence-corrected chi connectivity index (χ0v) is 9.26. The maximum Gasteiger partial charge on any atom is 0.306 e. The SMILES string of the molecule is O=C(O)C1CCC(c2nc3ccncc3[nH]2)C1. The Bertz CT molecular complexity index is 531. The van der Waals surface area contributed by atoms with Crippen molar-refractivity contribution in [1.82, 2.24) is 15.0 Å². The minimum atomic E-state index is -0.690. The molecule has 1 fully saturated rings. The predicted molar refractivity (Wildman–Crippen MR) is 61.6 cm³/mol. The Hall–Kier alpha value is -1.91. The number of hydrogen-bond acceptors (Lipinski definition) is 3. The van der Waals surface area contributed by atoms with E-state index >= 15 is 0 Å². The molecule has 1 saturated carbocycles. The van der Waals surface area contributed by atoms with Crippen LogP contribution >= 0.6 is 0 Å². The zero-order chi connectivity index (χ0) is 11.8. The molecule has 0 amide bonds. The number of pyridine rings is 1. The van der Waals surface area contributed by atoms with Crippen LogP contribution in [0.1, 0.15) is 31.0 Å². The molecule has 2 atom stereocenters. The smallest absolute Gasteiger partial charge is 0.306 e. The number of aromatic nitrogens is 3. The van der Waals surface area contributed by atoms with Crippen molar-refractivity contribution < 1.29 is 9.90 Å². The molecule has 3 rings (SSSR count). The molecule has 0 aliphatic heterocycles. The molecule has 88 valence electrons. The molecule has 2 N–H and O–H groups in total. The summed E-state index contributed by atoms with van der Waals surface area (Å²) in [5.41, 5.74) is 1.81. The summed E-state index contributed by atoms with van der Waals surface area (Å²) in [5, 5.41) is 8.98. The van der Waals surface area contributed by atoms with Crippen LogP contribution < -0.4 is 0 Å². The number of carboxylic acids is 1. The lowest BCUT2D eigenvalue weighted by Gasteiger charge is -2.04. The fraction of sp³-hybridized carbons (Fsp3) is 0.417. The number of H-pyrrole nitrogens is 1. The summed E-state index contributed by atoms with van der Waals surface area (Å²) in [4.78, 5) is 22.7. The first-order valence-corrected chi connectivity index (χ1v) is 5.76. The van der Waals surface area contributed by atoms with E-state index < -0.39 is 5.97 Å². The number of nitrogens with one attached hydrogen (secondary N) is 1. The van der Waals surface area contributed by atoms with Gasteiger partial charge < -0.3 is 10.1 Å². The average molecular weight is 231 g/mol. The van der Waals surface area contributed by atoms with Gasteiger partial charge in [-0.1, -0.05) is 0 Å². The number of carboxylic acid groups (broad SMARTS) is 1. The third-order valence-electron chi connectivity index (χ3n) is 3.47. The monoisotopic (exact) mass is 231 g/mol. The molecule has 2 aromatic rings. The summed E-state index contributed by atoms with van der Waals surface area (Å²) in [6.07, 6.45) is 5.78. The number of carbonyl (C=O) groups is 1. The molecule has 2 aromatic heterocycles. The molecule has 5 heteroatoms. The number of fused-ring (bicyclic) bond motifs is 1. The lowest BCUT2D eigenvalue weighted by molar-refractivity contribution is -0.141. The largest absolute Gasteiger partial charge is 0.481 e. The second-order valence-corrected chi connectivity index (χ2v) is 4.56. The summed E-state index contributed by atoms with van der Waals surface area (Å²) in [7, 11) is 0. The first-order chi connectivity index (χ1) is 8.24. The van der Waals surface area contributed by atoms with Crippen LogP contribution in [0.2, 0.25) is 0 Å². The molecule has 0 saturated heterocycles. The van der Waals surface area contributed by atoms with Gasteiger partial charge in [0.2, 0.25) is 0 Å². The summed E-state index contributed by atoms with van der Waals surface area (Å²) in [5.74, 6) is 0.233. The van der Waals surface area contributed by atoms with Gasteiger partial charge in [-0.2, -0.15) is 0 Å².